The van der Waals surface area contributed by atoms with Crippen LogP contribution in [0.2, 0.25) is 0 Å². The molecule has 1 atom stereocenters. The number of hydrogen-bond acceptors (Lipinski definition) is 5. The molecule has 138 valence electrons. The molecule has 2 heterocycles. The number of anilines is 1. The van der Waals surface area contributed by atoms with Crippen molar-refractivity contribution in [3.63, 3.8) is 0 Å². The van der Waals surface area contributed by atoms with E-state index in [1.165, 1.54) is 25.9 Å². The van der Waals surface area contributed by atoms with E-state index in [2.05, 4.69) is 44.9 Å². The Kier molecular flexibility index (Phi) is 9.91. The van der Waals surface area contributed by atoms with Gasteiger partial charge >= 0.3 is 0 Å². The number of rotatable bonds is 6. The molecule has 0 aromatic carbocycles. The van der Waals surface area contributed by atoms with E-state index in [1.807, 2.05) is 19.0 Å². The summed E-state index contributed by atoms with van der Waals surface area (Å²) in [4.78, 5) is 13.7. The zero-order valence-electron chi connectivity index (χ0n) is 15.2. The van der Waals surface area contributed by atoms with E-state index in [0.717, 1.165) is 29.9 Å². The molecular weight excluding hydrogens is 435 g/mol. The topological polar surface area (TPSA) is 55.8 Å². The van der Waals surface area contributed by atoms with Crippen LogP contribution < -0.4 is 15.5 Å². The molecule has 1 saturated heterocycles. The highest BCUT2D eigenvalue weighted by atomic mass is 127. The van der Waals surface area contributed by atoms with Gasteiger partial charge in [0.25, 0.3) is 0 Å². The summed E-state index contributed by atoms with van der Waals surface area (Å²) < 4.78 is 0. The average Bonchev–Trinajstić information content (AvgIpc) is 2.99. The lowest BCUT2D eigenvalue weighted by atomic mass is 9.99. The van der Waals surface area contributed by atoms with Crippen LogP contribution in [-0.2, 0) is 6.54 Å². The van der Waals surface area contributed by atoms with Gasteiger partial charge in [-0.2, -0.15) is 0 Å². The first-order valence-electron chi connectivity index (χ1n) is 8.41. The second-order valence-corrected chi connectivity index (χ2v) is 7.20. The van der Waals surface area contributed by atoms with Crippen LogP contribution in [0.15, 0.2) is 10.4 Å². The number of halogens is 1. The minimum atomic E-state index is 0. The molecule has 2 rings (SSSR count). The summed E-state index contributed by atoms with van der Waals surface area (Å²) in [5.41, 5.74) is 1.02. The van der Waals surface area contributed by atoms with Gasteiger partial charge in [-0.3, -0.25) is 0 Å². The van der Waals surface area contributed by atoms with Crippen molar-refractivity contribution in [2.45, 2.75) is 26.3 Å². The van der Waals surface area contributed by atoms with Crippen LogP contribution in [0.5, 0.6) is 0 Å². The van der Waals surface area contributed by atoms with Gasteiger partial charge in [-0.05, 0) is 39.3 Å². The van der Waals surface area contributed by atoms with Crippen molar-refractivity contribution in [2.75, 3.05) is 52.2 Å². The highest BCUT2D eigenvalue weighted by Crippen LogP contribution is 2.18. The molecule has 8 heteroatoms. The minimum Gasteiger partial charge on any atom is -0.357 e. The van der Waals surface area contributed by atoms with Gasteiger partial charge in [0.05, 0.1) is 12.2 Å². The van der Waals surface area contributed by atoms with E-state index in [9.17, 15) is 0 Å². The van der Waals surface area contributed by atoms with Gasteiger partial charge < -0.3 is 20.4 Å². The fourth-order valence-electron chi connectivity index (χ4n) is 2.76. The van der Waals surface area contributed by atoms with Crippen LogP contribution in [0, 0.1) is 5.92 Å². The molecule has 0 radical (unpaired) electrons. The van der Waals surface area contributed by atoms with Crippen LogP contribution in [-0.4, -0.2) is 63.2 Å². The van der Waals surface area contributed by atoms with E-state index in [0.29, 0.717) is 12.5 Å². The highest BCUT2D eigenvalue weighted by molar-refractivity contribution is 14.0. The third-order valence-electron chi connectivity index (χ3n) is 3.95. The van der Waals surface area contributed by atoms with E-state index in [1.54, 1.807) is 11.3 Å². The minimum absolute atomic E-state index is 0. The number of aliphatic imine (C=N–C) groups is 1. The van der Waals surface area contributed by atoms with Gasteiger partial charge in [0.15, 0.2) is 11.1 Å². The predicted octanol–water partition coefficient (Wildman–Crippen LogP) is 2.22. The standard InChI is InChI=1S/C16H30N6S.HI/c1-5-17-15(18-9-13-7-6-8-22(4)11-13)19-10-14-12-23-16(20-14)21(2)3;/h12-13H,5-11H2,1-4H3,(H2,17,18,19);1H. The van der Waals surface area contributed by atoms with Crippen molar-refractivity contribution in [1.29, 1.82) is 0 Å². The summed E-state index contributed by atoms with van der Waals surface area (Å²) in [7, 11) is 6.23. The van der Waals surface area contributed by atoms with Gasteiger partial charge in [-0.15, -0.1) is 35.3 Å². The summed E-state index contributed by atoms with van der Waals surface area (Å²) in [5.74, 6) is 1.59. The van der Waals surface area contributed by atoms with Gasteiger partial charge in [0.2, 0.25) is 0 Å². The van der Waals surface area contributed by atoms with Crippen LogP contribution in [0.1, 0.15) is 25.5 Å². The number of hydrogen-bond donors (Lipinski definition) is 2. The third-order valence-corrected chi connectivity index (χ3v) is 5.00. The van der Waals surface area contributed by atoms with Gasteiger partial charge in [0, 0.05) is 39.1 Å². The molecule has 1 fully saturated rings. The summed E-state index contributed by atoms with van der Waals surface area (Å²) in [5, 5.41) is 9.92. The molecule has 0 saturated carbocycles. The molecule has 0 spiro atoms. The van der Waals surface area contributed by atoms with Crippen molar-refractivity contribution in [1.82, 2.24) is 20.5 Å². The molecule has 0 bridgehead atoms. The Bertz CT molecular complexity index is 505. The fourth-order valence-corrected chi connectivity index (χ4v) is 3.51. The van der Waals surface area contributed by atoms with E-state index >= 15 is 0 Å². The van der Waals surface area contributed by atoms with Crippen LogP contribution in [0.3, 0.4) is 0 Å². The Morgan fingerprint density at radius 3 is 2.88 bits per heavy atom. The third kappa shape index (κ3) is 7.10. The maximum Gasteiger partial charge on any atom is 0.191 e. The number of guanidine groups is 1. The number of likely N-dealkylation sites (tertiary alicyclic amines) is 1. The Labute approximate surface area is 167 Å². The molecule has 0 amide bonds. The summed E-state index contributed by atoms with van der Waals surface area (Å²) in [6.07, 6.45) is 2.59. The second kappa shape index (κ2) is 11.1. The fraction of sp³-hybridized carbons (Fsp3) is 0.750. The number of thiazole rings is 1. The first-order valence-corrected chi connectivity index (χ1v) is 9.29. The molecular formula is C16H31IN6S. The SMILES string of the molecule is CCNC(=NCc1csc(N(C)C)n1)NCC1CCCN(C)C1.I. The normalized spacial score (nSPS) is 18.8. The molecule has 1 aliphatic heterocycles. The smallest absolute Gasteiger partial charge is 0.191 e. The molecule has 1 aromatic rings. The average molecular weight is 466 g/mol. The maximum atomic E-state index is 4.67. The number of piperidine rings is 1. The van der Waals surface area contributed by atoms with E-state index < -0.39 is 0 Å². The van der Waals surface area contributed by atoms with Crippen molar-refractivity contribution >= 4 is 46.4 Å². The summed E-state index contributed by atoms with van der Waals surface area (Å²) in [6, 6.07) is 0. The van der Waals surface area contributed by atoms with Crippen molar-refractivity contribution < 1.29 is 0 Å². The summed E-state index contributed by atoms with van der Waals surface area (Å²) in [6.45, 7) is 6.96. The number of nitrogens with zero attached hydrogens (tertiary/aromatic N) is 4. The van der Waals surface area contributed by atoms with Crippen molar-refractivity contribution in [3.8, 4) is 0 Å². The molecule has 1 aliphatic rings. The zero-order valence-corrected chi connectivity index (χ0v) is 18.4. The molecule has 24 heavy (non-hydrogen) atoms. The van der Waals surface area contributed by atoms with Crippen LogP contribution in [0.25, 0.3) is 0 Å². The Hall–Kier alpha value is -0.610. The van der Waals surface area contributed by atoms with E-state index in [4.69, 9.17) is 0 Å². The van der Waals surface area contributed by atoms with E-state index in [-0.39, 0.29) is 24.0 Å². The molecule has 1 aromatic heterocycles. The van der Waals surface area contributed by atoms with Crippen LogP contribution >= 0.6 is 35.3 Å². The largest absolute Gasteiger partial charge is 0.357 e. The molecule has 1 unspecified atom stereocenters. The first kappa shape index (κ1) is 21.4. The highest BCUT2D eigenvalue weighted by Gasteiger charge is 2.17. The summed E-state index contributed by atoms with van der Waals surface area (Å²) >= 11 is 1.66. The van der Waals surface area contributed by atoms with Gasteiger partial charge in [-0.25, -0.2) is 9.98 Å². The Morgan fingerprint density at radius 2 is 2.25 bits per heavy atom. The van der Waals surface area contributed by atoms with Crippen LogP contribution in [0.4, 0.5) is 5.13 Å². The number of nitrogens with one attached hydrogen (secondary N) is 2. The lowest BCUT2D eigenvalue weighted by molar-refractivity contribution is 0.210. The Balaban J connectivity index is 0.00000288. The predicted molar refractivity (Wildman–Crippen MR) is 115 cm³/mol. The lowest BCUT2D eigenvalue weighted by Crippen LogP contribution is -2.43. The van der Waals surface area contributed by atoms with Gasteiger partial charge in [0.1, 0.15) is 0 Å². The molecule has 6 nitrogen and oxygen atoms in total. The molecule has 0 aliphatic carbocycles. The second-order valence-electron chi connectivity index (χ2n) is 6.36. The lowest BCUT2D eigenvalue weighted by Gasteiger charge is -2.30. The first-order chi connectivity index (χ1) is 11.1. The van der Waals surface area contributed by atoms with Crippen molar-refractivity contribution in [3.05, 3.63) is 11.1 Å². The monoisotopic (exact) mass is 466 g/mol. The zero-order chi connectivity index (χ0) is 16.7. The maximum absolute atomic E-state index is 4.67. The Morgan fingerprint density at radius 1 is 1.46 bits per heavy atom. The number of aromatic nitrogens is 1. The molecule has 2 N–H and O–H groups in total. The van der Waals surface area contributed by atoms with Crippen molar-refractivity contribution in [2.24, 2.45) is 10.9 Å². The van der Waals surface area contributed by atoms with Gasteiger partial charge in [-0.1, -0.05) is 0 Å². The quantitative estimate of drug-likeness (QED) is 0.383.